The SMILES string of the molecule is CC(C)Nc1ccnc(C(=O)Nc2ccc(N3CCCC3)cc2)c1. The number of rotatable bonds is 5. The van der Waals surface area contributed by atoms with Crippen LogP contribution in [0.4, 0.5) is 17.1 Å². The van der Waals surface area contributed by atoms with Gasteiger partial charge in [-0.1, -0.05) is 0 Å². The van der Waals surface area contributed by atoms with Crippen LogP contribution in [0.1, 0.15) is 37.2 Å². The van der Waals surface area contributed by atoms with Gasteiger partial charge in [0.05, 0.1) is 0 Å². The first kappa shape index (κ1) is 16.3. The molecule has 0 bridgehead atoms. The summed E-state index contributed by atoms with van der Waals surface area (Å²) in [5.41, 5.74) is 3.30. The Balaban J connectivity index is 1.66. The highest BCUT2D eigenvalue weighted by Gasteiger charge is 2.13. The Morgan fingerprint density at radius 1 is 1.08 bits per heavy atom. The van der Waals surface area contributed by atoms with Crippen LogP contribution in [0.5, 0.6) is 0 Å². The number of hydrogen-bond acceptors (Lipinski definition) is 4. The lowest BCUT2D eigenvalue weighted by atomic mass is 10.2. The number of nitrogens with one attached hydrogen (secondary N) is 2. The van der Waals surface area contributed by atoms with Crippen molar-refractivity contribution >= 4 is 23.0 Å². The zero-order valence-corrected chi connectivity index (χ0v) is 14.2. The van der Waals surface area contributed by atoms with E-state index in [1.807, 2.05) is 18.2 Å². The number of amides is 1. The molecule has 0 unspecified atom stereocenters. The topological polar surface area (TPSA) is 57.3 Å². The second-order valence-electron chi connectivity index (χ2n) is 6.42. The lowest BCUT2D eigenvalue weighted by molar-refractivity contribution is 0.102. The van der Waals surface area contributed by atoms with Crippen LogP contribution in [-0.4, -0.2) is 30.0 Å². The summed E-state index contributed by atoms with van der Waals surface area (Å²) in [5, 5.41) is 6.19. The van der Waals surface area contributed by atoms with Gasteiger partial charge in [-0.05, 0) is 63.1 Å². The monoisotopic (exact) mass is 324 g/mol. The highest BCUT2D eigenvalue weighted by atomic mass is 16.1. The third kappa shape index (κ3) is 4.04. The van der Waals surface area contributed by atoms with Crippen LogP contribution in [0.2, 0.25) is 0 Å². The fourth-order valence-electron chi connectivity index (χ4n) is 2.90. The molecule has 1 aromatic heterocycles. The zero-order valence-electron chi connectivity index (χ0n) is 14.2. The first-order chi connectivity index (χ1) is 11.6. The quantitative estimate of drug-likeness (QED) is 0.879. The number of pyridine rings is 1. The molecule has 24 heavy (non-hydrogen) atoms. The molecule has 1 amide bonds. The Hall–Kier alpha value is -2.56. The maximum atomic E-state index is 12.4. The number of nitrogens with zero attached hydrogens (tertiary/aromatic N) is 2. The van der Waals surface area contributed by atoms with Crippen LogP contribution in [-0.2, 0) is 0 Å². The number of benzene rings is 1. The molecule has 0 saturated carbocycles. The van der Waals surface area contributed by atoms with Gasteiger partial charge in [0, 0.05) is 42.4 Å². The molecule has 1 aromatic carbocycles. The van der Waals surface area contributed by atoms with Crippen molar-refractivity contribution in [3.63, 3.8) is 0 Å². The predicted molar refractivity (Wildman–Crippen MR) is 98.8 cm³/mol. The Labute approximate surface area is 143 Å². The van der Waals surface area contributed by atoms with Crippen LogP contribution >= 0.6 is 0 Å². The first-order valence-electron chi connectivity index (χ1n) is 8.51. The van der Waals surface area contributed by atoms with Gasteiger partial charge in [-0.25, -0.2) is 0 Å². The minimum absolute atomic E-state index is 0.198. The summed E-state index contributed by atoms with van der Waals surface area (Å²) < 4.78 is 0. The molecule has 5 heteroatoms. The Bertz CT molecular complexity index is 691. The third-order valence-corrected chi connectivity index (χ3v) is 4.04. The van der Waals surface area contributed by atoms with E-state index in [0.717, 1.165) is 24.5 Å². The van der Waals surface area contributed by atoms with Gasteiger partial charge in [0.2, 0.25) is 0 Å². The average molecular weight is 324 g/mol. The lowest BCUT2D eigenvalue weighted by Gasteiger charge is -2.17. The summed E-state index contributed by atoms with van der Waals surface area (Å²) in [6.07, 6.45) is 4.16. The molecule has 0 atom stereocenters. The average Bonchev–Trinajstić information content (AvgIpc) is 3.09. The Kier molecular flexibility index (Phi) is 4.99. The van der Waals surface area contributed by atoms with Gasteiger partial charge in [-0.2, -0.15) is 0 Å². The van der Waals surface area contributed by atoms with Crippen molar-refractivity contribution in [2.24, 2.45) is 0 Å². The van der Waals surface area contributed by atoms with Crippen molar-refractivity contribution < 1.29 is 4.79 Å². The van der Waals surface area contributed by atoms with Gasteiger partial charge in [-0.15, -0.1) is 0 Å². The highest BCUT2D eigenvalue weighted by molar-refractivity contribution is 6.03. The van der Waals surface area contributed by atoms with Gasteiger partial charge in [0.15, 0.2) is 0 Å². The van der Waals surface area contributed by atoms with Crippen molar-refractivity contribution in [1.29, 1.82) is 0 Å². The van der Waals surface area contributed by atoms with Gasteiger partial charge in [0.25, 0.3) is 5.91 Å². The molecule has 2 aromatic rings. The summed E-state index contributed by atoms with van der Waals surface area (Å²) in [6.45, 7) is 6.35. The van der Waals surface area contributed by atoms with E-state index < -0.39 is 0 Å². The van der Waals surface area contributed by atoms with E-state index in [1.54, 1.807) is 12.3 Å². The second kappa shape index (κ2) is 7.34. The largest absolute Gasteiger partial charge is 0.383 e. The first-order valence-corrected chi connectivity index (χ1v) is 8.51. The van der Waals surface area contributed by atoms with E-state index in [1.165, 1.54) is 18.5 Å². The Morgan fingerprint density at radius 2 is 1.79 bits per heavy atom. The molecule has 126 valence electrons. The van der Waals surface area contributed by atoms with Crippen LogP contribution < -0.4 is 15.5 Å². The summed E-state index contributed by atoms with van der Waals surface area (Å²) in [5.74, 6) is -0.198. The third-order valence-electron chi connectivity index (χ3n) is 4.04. The van der Waals surface area contributed by atoms with Gasteiger partial charge in [0.1, 0.15) is 5.69 Å². The standard InChI is InChI=1S/C19H24N4O/c1-14(2)21-16-9-10-20-18(13-16)19(24)22-15-5-7-17(8-6-15)23-11-3-4-12-23/h5-10,13-14H,3-4,11-12H2,1-2H3,(H,20,21)(H,22,24). The van der Waals surface area contributed by atoms with Gasteiger partial charge >= 0.3 is 0 Å². The number of carbonyl (C=O) groups excluding carboxylic acids is 1. The van der Waals surface area contributed by atoms with Crippen molar-refractivity contribution in [1.82, 2.24) is 4.98 Å². The van der Waals surface area contributed by atoms with Crippen molar-refractivity contribution in [2.75, 3.05) is 28.6 Å². The molecule has 5 nitrogen and oxygen atoms in total. The van der Waals surface area contributed by atoms with Crippen molar-refractivity contribution in [3.8, 4) is 0 Å². The molecule has 0 radical (unpaired) electrons. The molecule has 0 aliphatic carbocycles. The molecule has 3 rings (SSSR count). The number of anilines is 3. The molecule has 1 aliphatic heterocycles. The van der Waals surface area contributed by atoms with E-state index in [-0.39, 0.29) is 5.91 Å². The Morgan fingerprint density at radius 3 is 2.46 bits per heavy atom. The fourth-order valence-corrected chi connectivity index (χ4v) is 2.90. The molecule has 1 saturated heterocycles. The maximum Gasteiger partial charge on any atom is 0.274 e. The van der Waals surface area contributed by atoms with Crippen molar-refractivity contribution in [3.05, 3.63) is 48.3 Å². The smallest absolute Gasteiger partial charge is 0.274 e. The van der Waals surface area contributed by atoms with Crippen molar-refractivity contribution in [2.45, 2.75) is 32.7 Å². The van der Waals surface area contributed by atoms with E-state index in [0.29, 0.717) is 11.7 Å². The molecule has 1 aliphatic rings. The van der Waals surface area contributed by atoms with Crippen LogP contribution in [0, 0.1) is 0 Å². The molecule has 2 N–H and O–H groups in total. The number of aromatic nitrogens is 1. The lowest BCUT2D eigenvalue weighted by Crippen LogP contribution is -2.18. The zero-order chi connectivity index (χ0) is 16.9. The molecular weight excluding hydrogens is 300 g/mol. The summed E-state index contributed by atoms with van der Waals surface area (Å²) in [7, 11) is 0. The fraction of sp³-hybridized carbons (Fsp3) is 0.368. The minimum Gasteiger partial charge on any atom is -0.383 e. The van der Waals surface area contributed by atoms with Crippen LogP contribution in [0.3, 0.4) is 0 Å². The van der Waals surface area contributed by atoms with Crippen LogP contribution in [0.25, 0.3) is 0 Å². The molecule has 2 heterocycles. The molecule has 0 spiro atoms. The van der Waals surface area contributed by atoms with Gasteiger partial charge < -0.3 is 15.5 Å². The minimum atomic E-state index is -0.198. The summed E-state index contributed by atoms with van der Waals surface area (Å²) >= 11 is 0. The predicted octanol–water partition coefficient (Wildman–Crippen LogP) is 3.75. The molecule has 1 fully saturated rings. The number of carbonyl (C=O) groups is 1. The maximum absolute atomic E-state index is 12.4. The summed E-state index contributed by atoms with van der Waals surface area (Å²) in [4.78, 5) is 18.9. The highest BCUT2D eigenvalue weighted by Crippen LogP contribution is 2.22. The van der Waals surface area contributed by atoms with Crippen LogP contribution in [0.15, 0.2) is 42.6 Å². The van der Waals surface area contributed by atoms with E-state index in [2.05, 4.69) is 46.5 Å². The van der Waals surface area contributed by atoms with E-state index >= 15 is 0 Å². The molecular formula is C19H24N4O. The van der Waals surface area contributed by atoms with E-state index in [4.69, 9.17) is 0 Å². The van der Waals surface area contributed by atoms with Gasteiger partial charge in [-0.3, -0.25) is 9.78 Å². The van der Waals surface area contributed by atoms with E-state index in [9.17, 15) is 4.79 Å². The second-order valence-corrected chi connectivity index (χ2v) is 6.42. The number of hydrogen-bond donors (Lipinski definition) is 2. The summed E-state index contributed by atoms with van der Waals surface area (Å²) in [6, 6.07) is 12.0. The normalized spacial score (nSPS) is 14.0.